The normalized spacial score (nSPS) is 10.5. The van der Waals surface area contributed by atoms with Crippen molar-refractivity contribution in [3.63, 3.8) is 0 Å². The van der Waals surface area contributed by atoms with E-state index in [9.17, 15) is 0 Å². The van der Waals surface area contributed by atoms with Crippen LogP contribution in [0.3, 0.4) is 0 Å². The van der Waals surface area contributed by atoms with E-state index in [1.54, 1.807) is 6.26 Å². The molecule has 0 unspecified atom stereocenters. The third-order valence-corrected chi connectivity index (χ3v) is 2.37. The number of aryl methyl sites for hydroxylation is 1. The molecule has 0 saturated carbocycles. The van der Waals surface area contributed by atoms with Crippen LogP contribution in [0.15, 0.2) is 41.0 Å². The molecule has 0 amide bonds. The minimum Gasteiger partial charge on any atom is -0.448 e. The van der Waals surface area contributed by atoms with Crippen molar-refractivity contribution in [2.75, 3.05) is 0 Å². The van der Waals surface area contributed by atoms with Crippen molar-refractivity contribution in [1.82, 2.24) is 4.98 Å². The van der Waals surface area contributed by atoms with Gasteiger partial charge in [-0.25, -0.2) is 4.98 Å². The van der Waals surface area contributed by atoms with Crippen LogP contribution in [0, 0.1) is 0 Å². The summed E-state index contributed by atoms with van der Waals surface area (Å²) in [6, 6.07) is 10.1. The third-order valence-electron chi connectivity index (χ3n) is 2.37. The van der Waals surface area contributed by atoms with Crippen LogP contribution in [0.1, 0.15) is 25.7 Å². The molecule has 0 saturated heterocycles. The summed E-state index contributed by atoms with van der Waals surface area (Å²) in [6.45, 7) is 2.17. The molecule has 2 nitrogen and oxygen atoms in total. The van der Waals surface area contributed by atoms with Gasteiger partial charge in [-0.2, -0.15) is 0 Å². The highest BCUT2D eigenvalue weighted by Gasteiger charge is 2.04. The SMILES string of the molecule is CCCCc1nc(-c2ccccc2)co1. The lowest BCUT2D eigenvalue weighted by Crippen LogP contribution is -1.84. The molecule has 1 aromatic carbocycles. The van der Waals surface area contributed by atoms with Gasteiger partial charge >= 0.3 is 0 Å². The minimum absolute atomic E-state index is 0.843. The highest BCUT2D eigenvalue weighted by molar-refractivity contribution is 5.57. The van der Waals surface area contributed by atoms with Crippen molar-refractivity contribution >= 4 is 0 Å². The van der Waals surface area contributed by atoms with Gasteiger partial charge in [-0.3, -0.25) is 0 Å². The van der Waals surface area contributed by atoms with E-state index < -0.39 is 0 Å². The van der Waals surface area contributed by atoms with Gasteiger partial charge in [0, 0.05) is 12.0 Å². The molecule has 78 valence electrons. The smallest absolute Gasteiger partial charge is 0.194 e. The average Bonchev–Trinajstić information content (AvgIpc) is 2.76. The molecule has 2 aromatic rings. The van der Waals surface area contributed by atoms with Gasteiger partial charge in [-0.1, -0.05) is 43.7 Å². The summed E-state index contributed by atoms with van der Waals surface area (Å²) < 4.78 is 5.41. The predicted molar refractivity (Wildman–Crippen MR) is 60.6 cm³/mol. The average molecular weight is 201 g/mol. The van der Waals surface area contributed by atoms with Crippen molar-refractivity contribution < 1.29 is 4.42 Å². The van der Waals surface area contributed by atoms with Crippen LogP contribution in [-0.4, -0.2) is 4.98 Å². The maximum Gasteiger partial charge on any atom is 0.194 e. The second-order valence-corrected chi connectivity index (χ2v) is 3.60. The van der Waals surface area contributed by atoms with Gasteiger partial charge in [0.05, 0.1) is 0 Å². The van der Waals surface area contributed by atoms with Crippen LogP contribution >= 0.6 is 0 Å². The summed E-state index contributed by atoms with van der Waals surface area (Å²) in [5.74, 6) is 0.843. The highest BCUT2D eigenvalue weighted by Crippen LogP contribution is 2.18. The van der Waals surface area contributed by atoms with Gasteiger partial charge in [0.1, 0.15) is 12.0 Å². The van der Waals surface area contributed by atoms with Gasteiger partial charge in [0.2, 0.25) is 0 Å². The van der Waals surface area contributed by atoms with Crippen molar-refractivity contribution in [2.45, 2.75) is 26.2 Å². The van der Waals surface area contributed by atoms with E-state index in [4.69, 9.17) is 4.42 Å². The lowest BCUT2D eigenvalue weighted by Gasteiger charge is -1.93. The third kappa shape index (κ3) is 2.46. The monoisotopic (exact) mass is 201 g/mol. The summed E-state index contributed by atoms with van der Waals surface area (Å²) in [6.07, 6.45) is 4.97. The Bertz CT molecular complexity index is 405. The number of hydrogen-bond donors (Lipinski definition) is 0. The Kier molecular flexibility index (Phi) is 3.18. The molecule has 0 aliphatic heterocycles. The molecule has 1 aromatic heterocycles. The Morgan fingerprint density at radius 3 is 2.73 bits per heavy atom. The molecule has 2 heteroatoms. The Morgan fingerprint density at radius 2 is 2.00 bits per heavy atom. The maximum atomic E-state index is 5.41. The number of nitrogens with zero attached hydrogens (tertiary/aromatic N) is 1. The first-order valence-corrected chi connectivity index (χ1v) is 5.40. The number of benzene rings is 1. The molecule has 0 atom stereocenters. The first-order chi connectivity index (χ1) is 7.40. The van der Waals surface area contributed by atoms with Gasteiger partial charge in [0.25, 0.3) is 0 Å². The van der Waals surface area contributed by atoms with Crippen molar-refractivity contribution in [3.05, 3.63) is 42.5 Å². The van der Waals surface area contributed by atoms with E-state index >= 15 is 0 Å². The molecule has 0 bridgehead atoms. The highest BCUT2D eigenvalue weighted by atomic mass is 16.3. The number of aromatic nitrogens is 1. The van der Waals surface area contributed by atoms with E-state index in [0.29, 0.717) is 0 Å². The molecular formula is C13H15NO. The van der Waals surface area contributed by atoms with Crippen molar-refractivity contribution in [2.24, 2.45) is 0 Å². The largest absolute Gasteiger partial charge is 0.448 e. The van der Waals surface area contributed by atoms with Crippen LogP contribution in [0.5, 0.6) is 0 Å². The van der Waals surface area contributed by atoms with Crippen molar-refractivity contribution in [1.29, 1.82) is 0 Å². The van der Waals surface area contributed by atoms with Gasteiger partial charge in [0.15, 0.2) is 5.89 Å². The van der Waals surface area contributed by atoms with E-state index in [2.05, 4.69) is 11.9 Å². The lowest BCUT2D eigenvalue weighted by atomic mass is 10.2. The van der Waals surface area contributed by atoms with Crippen LogP contribution in [-0.2, 0) is 6.42 Å². The standard InChI is InChI=1S/C13H15NO/c1-2-3-9-13-14-12(10-15-13)11-7-5-4-6-8-11/h4-8,10H,2-3,9H2,1H3. The first kappa shape index (κ1) is 9.97. The number of rotatable bonds is 4. The second kappa shape index (κ2) is 4.78. The molecule has 0 aliphatic rings. The first-order valence-electron chi connectivity index (χ1n) is 5.40. The molecule has 0 fully saturated rings. The zero-order valence-corrected chi connectivity index (χ0v) is 8.94. The summed E-state index contributed by atoms with van der Waals surface area (Å²) >= 11 is 0. The van der Waals surface area contributed by atoms with Crippen LogP contribution in [0.2, 0.25) is 0 Å². The van der Waals surface area contributed by atoms with Crippen molar-refractivity contribution in [3.8, 4) is 11.3 Å². The van der Waals surface area contributed by atoms with Crippen LogP contribution in [0.4, 0.5) is 0 Å². The number of hydrogen-bond acceptors (Lipinski definition) is 2. The van der Waals surface area contributed by atoms with Gasteiger partial charge < -0.3 is 4.42 Å². The number of oxazole rings is 1. The zero-order valence-electron chi connectivity index (χ0n) is 8.94. The van der Waals surface area contributed by atoms with Gasteiger partial charge in [-0.05, 0) is 6.42 Å². The Labute approximate surface area is 90.0 Å². The molecule has 0 aliphatic carbocycles. The summed E-state index contributed by atoms with van der Waals surface area (Å²) in [5.41, 5.74) is 2.05. The topological polar surface area (TPSA) is 26.0 Å². The zero-order chi connectivity index (χ0) is 10.5. The van der Waals surface area contributed by atoms with E-state index in [-0.39, 0.29) is 0 Å². The fraction of sp³-hybridized carbons (Fsp3) is 0.308. The molecule has 1 heterocycles. The fourth-order valence-electron chi connectivity index (χ4n) is 1.50. The minimum atomic E-state index is 0.843. The molecule has 0 radical (unpaired) electrons. The Hall–Kier alpha value is -1.57. The molecule has 15 heavy (non-hydrogen) atoms. The van der Waals surface area contributed by atoms with E-state index in [1.807, 2.05) is 30.3 Å². The number of unbranched alkanes of at least 4 members (excludes halogenated alkanes) is 1. The molecule has 0 spiro atoms. The molecule has 0 N–H and O–H groups in total. The van der Waals surface area contributed by atoms with Gasteiger partial charge in [-0.15, -0.1) is 0 Å². The second-order valence-electron chi connectivity index (χ2n) is 3.60. The predicted octanol–water partition coefficient (Wildman–Crippen LogP) is 3.68. The summed E-state index contributed by atoms with van der Waals surface area (Å²) in [4.78, 5) is 4.45. The van der Waals surface area contributed by atoms with Crippen LogP contribution < -0.4 is 0 Å². The lowest BCUT2D eigenvalue weighted by molar-refractivity contribution is 0.486. The Morgan fingerprint density at radius 1 is 1.20 bits per heavy atom. The maximum absolute atomic E-state index is 5.41. The van der Waals surface area contributed by atoms with E-state index in [0.717, 1.165) is 30.0 Å². The Balaban J connectivity index is 2.14. The fourth-order valence-corrected chi connectivity index (χ4v) is 1.50. The summed E-state index contributed by atoms with van der Waals surface area (Å²) in [7, 11) is 0. The molecule has 2 rings (SSSR count). The molecular weight excluding hydrogens is 186 g/mol. The summed E-state index contributed by atoms with van der Waals surface area (Å²) in [5, 5.41) is 0. The quantitative estimate of drug-likeness (QED) is 0.754. The van der Waals surface area contributed by atoms with E-state index in [1.165, 1.54) is 6.42 Å². The van der Waals surface area contributed by atoms with Crippen LogP contribution in [0.25, 0.3) is 11.3 Å².